The molecule has 0 rings (SSSR count). The minimum absolute atomic E-state index is 0.0394. The average molecular weight is 145 g/mol. The van der Waals surface area contributed by atoms with Crippen molar-refractivity contribution in [3.63, 3.8) is 0 Å². The minimum Gasteiger partial charge on any atom is -0.395 e. The lowest BCUT2D eigenvalue weighted by Crippen LogP contribution is -2.32. The van der Waals surface area contributed by atoms with Crippen molar-refractivity contribution in [3.05, 3.63) is 0 Å². The van der Waals surface area contributed by atoms with E-state index in [4.69, 9.17) is 10.8 Å². The summed E-state index contributed by atoms with van der Waals surface area (Å²) in [4.78, 5) is 0. The fourth-order valence-electron chi connectivity index (χ4n) is 1.10. The van der Waals surface area contributed by atoms with Gasteiger partial charge in [-0.2, -0.15) is 0 Å². The fourth-order valence-corrected chi connectivity index (χ4v) is 1.10. The highest BCUT2D eigenvalue weighted by molar-refractivity contribution is 4.68. The van der Waals surface area contributed by atoms with Crippen LogP contribution in [0.15, 0.2) is 0 Å². The summed E-state index contributed by atoms with van der Waals surface area (Å²) in [6.07, 6.45) is 1.10. The summed E-state index contributed by atoms with van der Waals surface area (Å²) >= 11 is 0. The molecule has 2 atom stereocenters. The van der Waals surface area contributed by atoms with Crippen molar-refractivity contribution in [2.75, 3.05) is 6.61 Å². The monoisotopic (exact) mass is 145 g/mol. The second-order valence-electron chi connectivity index (χ2n) is 3.45. The van der Waals surface area contributed by atoms with Crippen LogP contribution >= 0.6 is 0 Å². The third-order valence-electron chi connectivity index (χ3n) is 1.78. The summed E-state index contributed by atoms with van der Waals surface area (Å²) in [7, 11) is 0. The lowest BCUT2D eigenvalue weighted by molar-refractivity contribution is 0.220. The smallest absolute Gasteiger partial charge is 0.0585 e. The Morgan fingerprint density at radius 1 is 1.30 bits per heavy atom. The molecule has 2 heteroatoms. The lowest BCUT2D eigenvalue weighted by atomic mass is 9.93. The first kappa shape index (κ1) is 9.92. The summed E-state index contributed by atoms with van der Waals surface area (Å²) in [6, 6.07) is -0.0394. The molecule has 0 aliphatic rings. The van der Waals surface area contributed by atoms with Gasteiger partial charge >= 0.3 is 0 Å². The predicted molar refractivity (Wildman–Crippen MR) is 43.7 cm³/mol. The number of hydrogen-bond acceptors (Lipinski definition) is 2. The van der Waals surface area contributed by atoms with Crippen molar-refractivity contribution in [3.8, 4) is 0 Å². The molecular weight excluding hydrogens is 126 g/mol. The van der Waals surface area contributed by atoms with Crippen molar-refractivity contribution in [1.29, 1.82) is 0 Å². The largest absolute Gasteiger partial charge is 0.395 e. The molecule has 62 valence electrons. The summed E-state index contributed by atoms with van der Waals surface area (Å²) in [5.41, 5.74) is 5.61. The second-order valence-corrected chi connectivity index (χ2v) is 3.45. The zero-order valence-corrected chi connectivity index (χ0v) is 7.17. The van der Waals surface area contributed by atoms with Gasteiger partial charge in [0.15, 0.2) is 0 Å². The van der Waals surface area contributed by atoms with Gasteiger partial charge < -0.3 is 10.8 Å². The molecule has 0 aliphatic carbocycles. The summed E-state index contributed by atoms with van der Waals surface area (Å²) in [6.45, 7) is 6.52. The van der Waals surface area contributed by atoms with Crippen LogP contribution in [0, 0.1) is 11.8 Å². The molecule has 0 saturated heterocycles. The van der Waals surface area contributed by atoms with E-state index in [0.29, 0.717) is 11.8 Å². The van der Waals surface area contributed by atoms with E-state index in [1.54, 1.807) is 0 Å². The maximum atomic E-state index is 8.69. The van der Waals surface area contributed by atoms with Crippen LogP contribution < -0.4 is 5.73 Å². The quantitative estimate of drug-likeness (QED) is 0.619. The molecule has 2 nitrogen and oxygen atoms in total. The van der Waals surface area contributed by atoms with Gasteiger partial charge in [0, 0.05) is 6.04 Å². The third kappa shape index (κ3) is 3.85. The Morgan fingerprint density at radius 3 is 2.10 bits per heavy atom. The standard InChI is InChI=1S/C8H19NO/c1-6(2)4-7(3)8(9)5-10/h6-8,10H,4-5,9H2,1-3H3. The van der Waals surface area contributed by atoms with Gasteiger partial charge in [0.05, 0.1) is 6.61 Å². The van der Waals surface area contributed by atoms with Crippen LogP contribution in [0.5, 0.6) is 0 Å². The van der Waals surface area contributed by atoms with E-state index in [9.17, 15) is 0 Å². The van der Waals surface area contributed by atoms with E-state index in [1.165, 1.54) is 0 Å². The van der Waals surface area contributed by atoms with Crippen LogP contribution in [0.4, 0.5) is 0 Å². The first-order valence-corrected chi connectivity index (χ1v) is 3.94. The van der Waals surface area contributed by atoms with Crippen molar-refractivity contribution < 1.29 is 5.11 Å². The summed E-state index contributed by atoms with van der Waals surface area (Å²) in [5.74, 6) is 1.11. The molecule has 0 aromatic carbocycles. The predicted octanol–water partition coefficient (Wildman–Crippen LogP) is 0.988. The SMILES string of the molecule is CC(C)CC(C)C(N)CO. The summed E-state index contributed by atoms with van der Waals surface area (Å²) < 4.78 is 0. The van der Waals surface area contributed by atoms with E-state index in [2.05, 4.69) is 20.8 Å². The number of aliphatic hydroxyl groups excluding tert-OH is 1. The first-order chi connectivity index (χ1) is 4.57. The van der Waals surface area contributed by atoms with Gasteiger partial charge in [-0.25, -0.2) is 0 Å². The number of nitrogens with two attached hydrogens (primary N) is 1. The van der Waals surface area contributed by atoms with Crippen LogP contribution in [0.3, 0.4) is 0 Å². The van der Waals surface area contributed by atoms with E-state index >= 15 is 0 Å². The van der Waals surface area contributed by atoms with Crippen LogP contribution in [0.2, 0.25) is 0 Å². The molecule has 0 radical (unpaired) electrons. The van der Waals surface area contributed by atoms with Gasteiger partial charge in [0.2, 0.25) is 0 Å². The maximum Gasteiger partial charge on any atom is 0.0585 e. The summed E-state index contributed by atoms with van der Waals surface area (Å²) in [5, 5.41) is 8.69. The minimum atomic E-state index is -0.0394. The van der Waals surface area contributed by atoms with Gasteiger partial charge in [-0.3, -0.25) is 0 Å². The highest BCUT2D eigenvalue weighted by Crippen LogP contribution is 2.12. The van der Waals surface area contributed by atoms with Gasteiger partial charge in [-0.1, -0.05) is 20.8 Å². The Kier molecular flexibility index (Phi) is 4.65. The number of rotatable bonds is 4. The molecule has 0 spiro atoms. The molecule has 0 aromatic rings. The van der Waals surface area contributed by atoms with E-state index in [1.807, 2.05) is 0 Å². The van der Waals surface area contributed by atoms with Crippen molar-refractivity contribution in [2.45, 2.75) is 33.2 Å². The Labute approximate surface area is 63.4 Å². The molecule has 3 N–H and O–H groups in total. The van der Waals surface area contributed by atoms with E-state index in [0.717, 1.165) is 6.42 Å². The van der Waals surface area contributed by atoms with Crippen molar-refractivity contribution in [2.24, 2.45) is 17.6 Å². The van der Waals surface area contributed by atoms with Gasteiger partial charge in [0.25, 0.3) is 0 Å². The van der Waals surface area contributed by atoms with E-state index < -0.39 is 0 Å². The molecule has 10 heavy (non-hydrogen) atoms. The molecule has 0 amide bonds. The highest BCUT2D eigenvalue weighted by Gasteiger charge is 2.12. The maximum absolute atomic E-state index is 8.69. The molecule has 0 heterocycles. The molecule has 0 aromatic heterocycles. The van der Waals surface area contributed by atoms with Gasteiger partial charge in [-0.05, 0) is 18.3 Å². The normalized spacial score (nSPS) is 17.4. The first-order valence-electron chi connectivity index (χ1n) is 3.94. The van der Waals surface area contributed by atoms with Crippen LogP contribution in [0.25, 0.3) is 0 Å². The number of aliphatic hydroxyl groups is 1. The third-order valence-corrected chi connectivity index (χ3v) is 1.78. The average Bonchev–Trinajstić information content (AvgIpc) is 1.85. The molecule has 0 saturated carbocycles. The van der Waals surface area contributed by atoms with Gasteiger partial charge in [-0.15, -0.1) is 0 Å². The molecule has 0 aliphatic heterocycles. The Hall–Kier alpha value is -0.0800. The Bertz CT molecular complexity index is 83.3. The molecular formula is C8H19NO. The molecule has 0 fully saturated rings. The zero-order valence-electron chi connectivity index (χ0n) is 7.17. The van der Waals surface area contributed by atoms with Crippen molar-refractivity contribution >= 4 is 0 Å². The zero-order chi connectivity index (χ0) is 8.15. The van der Waals surface area contributed by atoms with E-state index in [-0.39, 0.29) is 12.6 Å². The highest BCUT2D eigenvalue weighted by atomic mass is 16.3. The van der Waals surface area contributed by atoms with Crippen LogP contribution in [-0.4, -0.2) is 17.8 Å². The lowest BCUT2D eigenvalue weighted by Gasteiger charge is -2.18. The van der Waals surface area contributed by atoms with Crippen molar-refractivity contribution in [1.82, 2.24) is 0 Å². The fraction of sp³-hybridized carbons (Fsp3) is 1.00. The van der Waals surface area contributed by atoms with Crippen LogP contribution in [-0.2, 0) is 0 Å². The topological polar surface area (TPSA) is 46.2 Å². The number of hydrogen-bond donors (Lipinski definition) is 2. The second kappa shape index (κ2) is 4.69. The Balaban J connectivity index is 3.50. The van der Waals surface area contributed by atoms with Crippen LogP contribution in [0.1, 0.15) is 27.2 Å². The molecule has 0 bridgehead atoms. The Morgan fingerprint density at radius 2 is 1.80 bits per heavy atom. The molecule has 2 unspecified atom stereocenters. The van der Waals surface area contributed by atoms with Gasteiger partial charge in [0.1, 0.15) is 0 Å².